The second kappa shape index (κ2) is 7.73. The van der Waals surface area contributed by atoms with Crippen molar-refractivity contribution in [3.05, 3.63) is 60.5 Å². The van der Waals surface area contributed by atoms with Gasteiger partial charge in [0.15, 0.2) is 16.7 Å². The normalized spacial score (nSPS) is 10.9. The van der Waals surface area contributed by atoms with Crippen molar-refractivity contribution < 1.29 is 9.21 Å². The number of hydrogen-bond acceptors (Lipinski definition) is 6. The van der Waals surface area contributed by atoms with Crippen molar-refractivity contribution in [3.8, 4) is 17.3 Å². The monoisotopic (exact) mass is 394 g/mol. The van der Waals surface area contributed by atoms with Crippen molar-refractivity contribution in [2.45, 2.75) is 12.1 Å². The summed E-state index contributed by atoms with van der Waals surface area (Å²) in [6.45, 7) is 1.89. The van der Waals surface area contributed by atoms with Gasteiger partial charge in [0.25, 0.3) is 0 Å². The number of para-hydroxylation sites is 1. The summed E-state index contributed by atoms with van der Waals surface area (Å²) in [5.41, 5.74) is 1.71. The molecule has 0 spiro atoms. The summed E-state index contributed by atoms with van der Waals surface area (Å²) < 4.78 is 8.87. The smallest absolute Gasteiger partial charge is 0.236 e. The third-order valence-corrected chi connectivity index (χ3v) is 5.03. The van der Waals surface area contributed by atoms with Crippen LogP contribution in [0.5, 0.6) is 0 Å². The first kappa shape index (κ1) is 18.1. The molecule has 4 aromatic rings. The van der Waals surface area contributed by atoms with Crippen molar-refractivity contribution in [2.75, 3.05) is 11.1 Å². The van der Waals surface area contributed by atoms with E-state index >= 15 is 0 Å². The molecular weight excluding hydrogens is 376 g/mol. The number of anilines is 1. The number of hydrogen-bond donors (Lipinski definition) is 1. The van der Waals surface area contributed by atoms with Gasteiger partial charge in [-0.2, -0.15) is 5.10 Å². The van der Waals surface area contributed by atoms with Crippen molar-refractivity contribution in [2.24, 2.45) is 7.05 Å². The molecule has 1 amide bonds. The standard InChI is InChI=1S/C19H18N6O2S/c1-13-11-16(25(23-13)14-7-4-3-5-8-14)20-17(26)12-28-19-22-21-18(24(19)2)15-9-6-10-27-15/h3-11H,12H2,1-2H3,(H,20,26). The van der Waals surface area contributed by atoms with Crippen LogP contribution >= 0.6 is 11.8 Å². The summed E-state index contributed by atoms with van der Waals surface area (Å²) in [5.74, 6) is 1.93. The number of carbonyl (C=O) groups is 1. The highest BCUT2D eigenvalue weighted by Gasteiger charge is 2.16. The molecule has 8 nitrogen and oxygen atoms in total. The molecule has 0 aliphatic heterocycles. The summed E-state index contributed by atoms with van der Waals surface area (Å²) in [5, 5.41) is 16.3. The highest BCUT2D eigenvalue weighted by atomic mass is 32.2. The Bertz CT molecular complexity index is 1090. The Morgan fingerprint density at radius 3 is 2.75 bits per heavy atom. The molecule has 0 aliphatic rings. The average Bonchev–Trinajstić information content (AvgIpc) is 3.42. The highest BCUT2D eigenvalue weighted by Crippen LogP contribution is 2.23. The molecule has 0 unspecified atom stereocenters. The minimum atomic E-state index is -0.148. The van der Waals surface area contributed by atoms with Gasteiger partial charge in [-0.15, -0.1) is 10.2 Å². The molecule has 1 N–H and O–H groups in total. The van der Waals surface area contributed by atoms with Gasteiger partial charge in [0.2, 0.25) is 5.91 Å². The molecule has 4 rings (SSSR count). The Balaban J connectivity index is 1.44. The van der Waals surface area contributed by atoms with Crippen LogP contribution < -0.4 is 5.32 Å². The highest BCUT2D eigenvalue weighted by molar-refractivity contribution is 7.99. The second-order valence-corrected chi connectivity index (χ2v) is 7.04. The fourth-order valence-electron chi connectivity index (χ4n) is 2.72. The van der Waals surface area contributed by atoms with Gasteiger partial charge in [-0.25, -0.2) is 4.68 Å². The van der Waals surface area contributed by atoms with Crippen LogP contribution in [0.15, 0.2) is 64.4 Å². The Hall–Kier alpha value is -3.33. The van der Waals surface area contributed by atoms with Gasteiger partial charge in [0.1, 0.15) is 5.82 Å². The molecule has 3 heterocycles. The van der Waals surface area contributed by atoms with E-state index in [1.807, 2.05) is 56.4 Å². The topological polar surface area (TPSA) is 90.8 Å². The van der Waals surface area contributed by atoms with E-state index in [4.69, 9.17) is 4.42 Å². The number of nitrogens with one attached hydrogen (secondary N) is 1. The zero-order chi connectivity index (χ0) is 19.5. The van der Waals surface area contributed by atoms with Crippen LogP contribution in [-0.2, 0) is 11.8 Å². The lowest BCUT2D eigenvalue weighted by molar-refractivity contribution is -0.113. The first-order valence-corrected chi connectivity index (χ1v) is 9.58. The molecule has 0 aliphatic carbocycles. The number of furan rings is 1. The van der Waals surface area contributed by atoms with Crippen molar-refractivity contribution in [1.82, 2.24) is 24.5 Å². The van der Waals surface area contributed by atoms with E-state index in [2.05, 4.69) is 20.6 Å². The molecule has 0 saturated heterocycles. The minimum absolute atomic E-state index is 0.148. The first-order valence-electron chi connectivity index (χ1n) is 8.60. The molecule has 0 bridgehead atoms. The van der Waals surface area contributed by atoms with E-state index in [-0.39, 0.29) is 11.7 Å². The van der Waals surface area contributed by atoms with Gasteiger partial charge in [0, 0.05) is 13.1 Å². The number of carbonyl (C=O) groups excluding carboxylic acids is 1. The molecule has 0 atom stereocenters. The van der Waals surface area contributed by atoms with E-state index in [0.717, 1.165) is 11.4 Å². The first-order chi connectivity index (χ1) is 13.6. The largest absolute Gasteiger partial charge is 0.461 e. The lowest BCUT2D eigenvalue weighted by Crippen LogP contribution is -2.17. The molecule has 0 fully saturated rings. The Morgan fingerprint density at radius 2 is 2.00 bits per heavy atom. The van der Waals surface area contributed by atoms with Crippen molar-refractivity contribution >= 4 is 23.5 Å². The fraction of sp³-hybridized carbons (Fsp3) is 0.158. The van der Waals surface area contributed by atoms with Crippen molar-refractivity contribution in [1.29, 1.82) is 0 Å². The van der Waals surface area contributed by atoms with Gasteiger partial charge in [-0.3, -0.25) is 4.79 Å². The molecule has 28 heavy (non-hydrogen) atoms. The molecule has 3 aromatic heterocycles. The maximum Gasteiger partial charge on any atom is 0.236 e. The summed E-state index contributed by atoms with van der Waals surface area (Å²) in [7, 11) is 1.84. The van der Waals surface area contributed by atoms with Crippen molar-refractivity contribution in [3.63, 3.8) is 0 Å². The number of nitrogens with zero attached hydrogens (tertiary/aromatic N) is 5. The van der Waals surface area contributed by atoms with Gasteiger partial charge in [-0.05, 0) is 31.2 Å². The number of aromatic nitrogens is 5. The summed E-state index contributed by atoms with van der Waals surface area (Å²) in [6.07, 6.45) is 1.59. The minimum Gasteiger partial charge on any atom is -0.461 e. The summed E-state index contributed by atoms with van der Waals surface area (Å²) >= 11 is 1.31. The molecule has 0 saturated carbocycles. The van der Waals surface area contributed by atoms with E-state index < -0.39 is 0 Å². The van der Waals surface area contributed by atoms with Crippen LogP contribution in [0.1, 0.15) is 5.69 Å². The quantitative estimate of drug-likeness (QED) is 0.505. The van der Waals surface area contributed by atoms with Gasteiger partial charge < -0.3 is 14.3 Å². The number of thioether (sulfide) groups is 1. The van der Waals surface area contributed by atoms with Crippen LogP contribution in [0.2, 0.25) is 0 Å². The number of amides is 1. The van der Waals surface area contributed by atoms with Gasteiger partial charge >= 0.3 is 0 Å². The van der Waals surface area contributed by atoms with Crippen LogP contribution in [0.3, 0.4) is 0 Å². The lowest BCUT2D eigenvalue weighted by Gasteiger charge is -2.08. The van der Waals surface area contributed by atoms with E-state index in [9.17, 15) is 4.79 Å². The Kier molecular flexibility index (Phi) is 4.98. The summed E-state index contributed by atoms with van der Waals surface area (Å²) in [4.78, 5) is 12.5. The predicted molar refractivity (Wildman–Crippen MR) is 106 cm³/mol. The Labute approximate surface area is 165 Å². The van der Waals surface area contributed by atoms with Crippen LogP contribution in [0.25, 0.3) is 17.3 Å². The summed E-state index contributed by atoms with van der Waals surface area (Å²) in [6, 6.07) is 15.1. The van der Waals surface area contributed by atoms with E-state index in [1.54, 1.807) is 21.6 Å². The molecular formula is C19H18N6O2S. The number of aryl methyl sites for hydroxylation is 1. The SMILES string of the molecule is Cc1cc(NC(=O)CSc2nnc(-c3ccco3)n2C)n(-c2ccccc2)n1. The molecule has 142 valence electrons. The van der Waals surface area contributed by atoms with Gasteiger partial charge in [0.05, 0.1) is 23.4 Å². The average molecular weight is 394 g/mol. The maximum atomic E-state index is 12.5. The third kappa shape index (κ3) is 3.70. The van der Waals surface area contributed by atoms with Crippen LogP contribution in [0, 0.1) is 6.92 Å². The number of rotatable bonds is 6. The fourth-order valence-corrected chi connectivity index (χ4v) is 3.44. The van der Waals surface area contributed by atoms with E-state index in [0.29, 0.717) is 22.6 Å². The second-order valence-electron chi connectivity index (χ2n) is 6.10. The zero-order valence-electron chi connectivity index (χ0n) is 15.4. The Morgan fingerprint density at radius 1 is 1.18 bits per heavy atom. The molecule has 1 aromatic carbocycles. The lowest BCUT2D eigenvalue weighted by atomic mass is 10.3. The molecule has 9 heteroatoms. The van der Waals surface area contributed by atoms with Crippen LogP contribution in [0.4, 0.5) is 5.82 Å². The zero-order valence-corrected chi connectivity index (χ0v) is 16.2. The van der Waals surface area contributed by atoms with Gasteiger partial charge in [-0.1, -0.05) is 30.0 Å². The predicted octanol–water partition coefficient (Wildman–Crippen LogP) is 3.30. The van der Waals surface area contributed by atoms with E-state index in [1.165, 1.54) is 11.8 Å². The third-order valence-electron chi connectivity index (χ3n) is 4.01. The van der Waals surface area contributed by atoms with Crippen LogP contribution in [-0.4, -0.2) is 36.2 Å². The number of benzene rings is 1. The maximum absolute atomic E-state index is 12.5. The molecule has 0 radical (unpaired) electrons.